The topological polar surface area (TPSA) is 114 Å². The summed E-state index contributed by atoms with van der Waals surface area (Å²) in [5.74, 6) is -0.328. The van der Waals surface area contributed by atoms with Gasteiger partial charge < -0.3 is 24.9 Å². The molecule has 0 spiro atoms. The van der Waals surface area contributed by atoms with Gasteiger partial charge in [-0.2, -0.15) is 13.2 Å². The highest BCUT2D eigenvalue weighted by Crippen LogP contribution is 2.37. The zero-order valence-electron chi connectivity index (χ0n) is 27.0. The molecule has 3 aromatic carbocycles. The zero-order chi connectivity index (χ0) is 35.2. The molecule has 48 heavy (non-hydrogen) atoms. The van der Waals surface area contributed by atoms with Crippen LogP contribution in [-0.4, -0.2) is 47.8 Å². The SMILES string of the molecule is CNC(=O)c1c(-c2ccc(F)cc2)oc2nc(CCC(F)(F)F)c(-c3cccc(C(=O)NC(C)(C)C)c3)cc12.COc1cccc(O)c1. The normalized spacial score (nSPS) is 11.4. The maximum Gasteiger partial charge on any atom is 0.389 e. The second-order valence-corrected chi connectivity index (χ2v) is 11.8. The maximum absolute atomic E-state index is 13.5. The van der Waals surface area contributed by atoms with Gasteiger partial charge in [-0.05, 0) is 87.4 Å². The molecule has 5 aromatic rings. The highest BCUT2D eigenvalue weighted by atomic mass is 19.4. The highest BCUT2D eigenvalue weighted by Gasteiger charge is 2.29. The predicted octanol–water partition coefficient (Wildman–Crippen LogP) is 8.08. The molecular formula is C36H35F4N3O5. The number of phenolic OH excluding ortho intramolecular Hbond substituents is 1. The molecule has 0 aliphatic heterocycles. The van der Waals surface area contributed by atoms with Gasteiger partial charge in [-0.1, -0.05) is 18.2 Å². The molecule has 3 N–H and O–H groups in total. The largest absolute Gasteiger partial charge is 0.508 e. The number of methoxy groups -OCH3 is 1. The summed E-state index contributed by atoms with van der Waals surface area (Å²) in [6, 6.07) is 20.0. The molecule has 2 heterocycles. The van der Waals surface area contributed by atoms with Gasteiger partial charge in [0.25, 0.3) is 11.8 Å². The molecule has 0 aliphatic rings. The third-order valence-corrected chi connectivity index (χ3v) is 6.95. The van der Waals surface area contributed by atoms with E-state index in [-0.39, 0.29) is 39.8 Å². The van der Waals surface area contributed by atoms with Gasteiger partial charge in [0.1, 0.15) is 23.1 Å². The first-order valence-corrected chi connectivity index (χ1v) is 14.9. The summed E-state index contributed by atoms with van der Waals surface area (Å²) < 4.78 is 63.9. The number of phenols is 1. The first-order valence-electron chi connectivity index (χ1n) is 14.9. The number of amides is 2. The number of fused-ring (bicyclic) bond motifs is 1. The van der Waals surface area contributed by atoms with Crippen LogP contribution >= 0.6 is 0 Å². The van der Waals surface area contributed by atoms with Crippen LogP contribution in [0.3, 0.4) is 0 Å². The number of carbonyl (C=O) groups is 2. The van der Waals surface area contributed by atoms with Gasteiger partial charge in [-0.15, -0.1) is 0 Å². The van der Waals surface area contributed by atoms with E-state index in [1.807, 2.05) is 20.8 Å². The Bertz CT molecular complexity index is 1910. The number of ether oxygens (including phenoxy) is 1. The second-order valence-electron chi connectivity index (χ2n) is 11.8. The van der Waals surface area contributed by atoms with Crippen molar-refractivity contribution < 1.29 is 41.4 Å². The molecule has 2 aromatic heterocycles. The monoisotopic (exact) mass is 665 g/mol. The summed E-state index contributed by atoms with van der Waals surface area (Å²) in [6.07, 6.45) is -6.01. The summed E-state index contributed by atoms with van der Waals surface area (Å²) >= 11 is 0. The molecule has 0 unspecified atom stereocenters. The Labute approximate surface area is 274 Å². The lowest BCUT2D eigenvalue weighted by atomic mass is 9.96. The summed E-state index contributed by atoms with van der Waals surface area (Å²) in [7, 11) is 2.99. The molecule has 0 atom stereocenters. The van der Waals surface area contributed by atoms with Gasteiger partial charge in [0, 0.05) is 41.8 Å². The van der Waals surface area contributed by atoms with E-state index in [0.29, 0.717) is 28.0 Å². The fourth-order valence-corrected chi connectivity index (χ4v) is 4.77. The fraction of sp³-hybridized carbons (Fsp3) is 0.250. The molecule has 0 saturated heterocycles. The van der Waals surface area contributed by atoms with Crippen molar-refractivity contribution in [1.82, 2.24) is 15.6 Å². The van der Waals surface area contributed by atoms with Gasteiger partial charge in [-0.25, -0.2) is 9.37 Å². The molecular weight excluding hydrogens is 630 g/mol. The van der Waals surface area contributed by atoms with Crippen molar-refractivity contribution in [3.63, 3.8) is 0 Å². The number of hydrogen-bond acceptors (Lipinski definition) is 6. The molecule has 0 radical (unpaired) electrons. The number of carbonyl (C=O) groups excluding carboxylic acids is 2. The molecule has 0 aliphatic carbocycles. The van der Waals surface area contributed by atoms with E-state index in [1.165, 1.54) is 31.3 Å². The predicted molar refractivity (Wildman–Crippen MR) is 174 cm³/mol. The molecule has 252 valence electrons. The van der Waals surface area contributed by atoms with Crippen molar-refractivity contribution in [2.24, 2.45) is 0 Å². The number of aryl methyl sites for hydroxylation is 1. The Morgan fingerprint density at radius 1 is 0.917 bits per heavy atom. The highest BCUT2D eigenvalue weighted by molar-refractivity contribution is 6.11. The lowest BCUT2D eigenvalue weighted by molar-refractivity contribution is -0.134. The van der Waals surface area contributed by atoms with E-state index < -0.39 is 36.3 Å². The molecule has 2 amide bonds. The Hall–Kier alpha value is -5.39. The van der Waals surface area contributed by atoms with Crippen LogP contribution in [0, 0.1) is 5.82 Å². The van der Waals surface area contributed by atoms with E-state index in [9.17, 15) is 27.2 Å². The van der Waals surface area contributed by atoms with Crippen LogP contribution in [0.5, 0.6) is 11.5 Å². The Kier molecular flexibility index (Phi) is 10.8. The molecule has 8 nitrogen and oxygen atoms in total. The first kappa shape index (κ1) is 35.5. The number of halogens is 4. The van der Waals surface area contributed by atoms with Crippen molar-refractivity contribution in [3.8, 4) is 33.9 Å². The van der Waals surface area contributed by atoms with Crippen LogP contribution in [0.15, 0.2) is 83.3 Å². The second kappa shape index (κ2) is 14.6. The molecule has 0 saturated carbocycles. The third-order valence-electron chi connectivity index (χ3n) is 6.95. The zero-order valence-corrected chi connectivity index (χ0v) is 27.0. The van der Waals surface area contributed by atoms with Crippen LogP contribution in [-0.2, 0) is 6.42 Å². The van der Waals surface area contributed by atoms with Crippen molar-refractivity contribution in [2.45, 2.75) is 45.3 Å². The number of hydrogen-bond donors (Lipinski definition) is 3. The van der Waals surface area contributed by atoms with Crippen LogP contribution in [0.2, 0.25) is 0 Å². The average Bonchev–Trinajstić information content (AvgIpc) is 3.41. The van der Waals surface area contributed by atoms with Crippen LogP contribution in [0.1, 0.15) is 53.6 Å². The minimum absolute atomic E-state index is 0.0320. The molecule has 0 fully saturated rings. The van der Waals surface area contributed by atoms with E-state index in [0.717, 1.165) is 0 Å². The third kappa shape index (κ3) is 9.11. The number of aromatic nitrogens is 1. The summed E-state index contributed by atoms with van der Waals surface area (Å²) in [4.78, 5) is 30.1. The van der Waals surface area contributed by atoms with Crippen molar-refractivity contribution in [1.29, 1.82) is 0 Å². The number of benzene rings is 3. The Morgan fingerprint density at radius 3 is 2.19 bits per heavy atom. The van der Waals surface area contributed by atoms with Crippen molar-refractivity contribution >= 4 is 22.9 Å². The molecule has 12 heteroatoms. The lowest BCUT2D eigenvalue weighted by Crippen LogP contribution is -2.40. The number of nitrogens with one attached hydrogen (secondary N) is 2. The summed E-state index contributed by atoms with van der Waals surface area (Å²) in [5, 5.41) is 14.5. The van der Waals surface area contributed by atoms with Crippen molar-refractivity contribution in [2.75, 3.05) is 14.2 Å². The maximum atomic E-state index is 13.5. The van der Waals surface area contributed by atoms with Crippen LogP contribution in [0.25, 0.3) is 33.6 Å². The molecule has 5 rings (SSSR count). The van der Waals surface area contributed by atoms with E-state index in [2.05, 4.69) is 15.6 Å². The smallest absolute Gasteiger partial charge is 0.389 e. The average molecular weight is 666 g/mol. The minimum atomic E-state index is -4.43. The minimum Gasteiger partial charge on any atom is -0.508 e. The summed E-state index contributed by atoms with van der Waals surface area (Å²) in [6.45, 7) is 5.50. The number of furan rings is 1. The van der Waals surface area contributed by atoms with Gasteiger partial charge in [0.2, 0.25) is 5.71 Å². The number of rotatable bonds is 7. The Balaban J connectivity index is 0.000000500. The Morgan fingerprint density at radius 2 is 1.60 bits per heavy atom. The standard InChI is InChI=1S/C29H27F4N3O3.C7H8O2/c1-28(2,3)36-25(37)18-7-5-6-17(14-18)20-15-21-23(26(38)34-4)24(16-8-10-19(30)11-9-16)39-27(21)35-22(20)12-13-29(31,32)33;1-9-7-4-2-3-6(8)5-7/h5-11,14-15H,12-13H2,1-4H3,(H,34,38)(H,36,37);2-5,8H,1H3. The van der Waals surface area contributed by atoms with Gasteiger partial charge in [0.05, 0.1) is 23.8 Å². The number of nitrogens with zero attached hydrogens (tertiary/aromatic N) is 1. The van der Waals surface area contributed by atoms with E-state index in [4.69, 9.17) is 14.3 Å². The van der Waals surface area contributed by atoms with Crippen LogP contribution in [0.4, 0.5) is 17.6 Å². The van der Waals surface area contributed by atoms with Gasteiger partial charge in [0.15, 0.2) is 0 Å². The number of pyridine rings is 1. The summed E-state index contributed by atoms with van der Waals surface area (Å²) in [5.41, 5.74) is 1.16. The van der Waals surface area contributed by atoms with E-state index in [1.54, 1.807) is 61.7 Å². The molecule has 0 bridgehead atoms. The van der Waals surface area contributed by atoms with Crippen LogP contribution < -0.4 is 15.4 Å². The van der Waals surface area contributed by atoms with Gasteiger partial charge >= 0.3 is 6.18 Å². The number of alkyl halides is 3. The number of aromatic hydroxyl groups is 1. The van der Waals surface area contributed by atoms with E-state index >= 15 is 0 Å². The fourth-order valence-electron chi connectivity index (χ4n) is 4.77. The van der Waals surface area contributed by atoms with Crippen molar-refractivity contribution in [3.05, 3.63) is 102 Å². The first-order chi connectivity index (χ1) is 22.6. The van der Waals surface area contributed by atoms with Gasteiger partial charge in [-0.3, -0.25) is 9.59 Å². The lowest BCUT2D eigenvalue weighted by Gasteiger charge is -2.20. The quantitative estimate of drug-likeness (QED) is 0.152.